The fraction of sp³-hybridized carbons (Fsp3) is 0.500. The molecule has 3 heteroatoms. The molecule has 0 bridgehead atoms. The fourth-order valence-electron chi connectivity index (χ4n) is 2.28. The molecule has 0 saturated heterocycles. The summed E-state index contributed by atoms with van der Waals surface area (Å²) in [5.74, 6) is 0.703. The van der Waals surface area contributed by atoms with Crippen LogP contribution in [-0.4, -0.2) is 6.54 Å². The fourth-order valence-corrected chi connectivity index (χ4v) is 2.28. The summed E-state index contributed by atoms with van der Waals surface area (Å²) >= 11 is 0. The third-order valence-corrected chi connectivity index (χ3v) is 3.33. The van der Waals surface area contributed by atoms with Crippen LogP contribution in [0.5, 0.6) is 0 Å². The zero-order valence-electron chi connectivity index (χ0n) is 11.7. The van der Waals surface area contributed by atoms with E-state index in [-0.39, 0.29) is 11.9 Å². The van der Waals surface area contributed by atoms with Crippen LogP contribution in [-0.2, 0) is 0 Å². The number of hydrogen-bond acceptors (Lipinski definition) is 2. The number of unbranched alkanes of at least 4 members (excludes halogenated alkanes) is 1. The topological polar surface area (TPSA) is 25.2 Å². The highest BCUT2D eigenvalue weighted by Crippen LogP contribution is 2.27. The van der Waals surface area contributed by atoms with E-state index in [1.54, 1.807) is 6.07 Å². The third kappa shape index (κ3) is 3.57. The highest BCUT2D eigenvalue weighted by atomic mass is 19.1. The molecule has 0 aliphatic carbocycles. The smallest absolute Gasteiger partial charge is 0.134 e. The van der Waals surface area contributed by atoms with Crippen molar-refractivity contribution in [2.24, 2.45) is 0 Å². The van der Waals surface area contributed by atoms with E-state index >= 15 is 0 Å². The molecule has 0 amide bonds. The molecule has 1 aromatic heterocycles. The number of rotatable bonds is 7. The molecule has 2 aromatic rings. The molecule has 104 valence electrons. The molecule has 19 heavy (non-hydrogen) atoms. The van der Waals surface area contributed by atoms with E-state index < -0.39 is 0 Å². The van der Waals surface area contributed by atoms with Gasteiger partial charge in [-0.05, 0) is 43.7 Å². The average Bonchev–Trinajstić information content (AvgIpc) is 2.81. The maximum Gasteiger partial charge on any atom is 0.134 e. The van der Waals surface area contributed by atoms with E-state index in [1.807, 2.05) is 6.07 Å². The molecule has 1 aromatic carbocycles. The molecule has 0 radical (unpaired) electrons. The van der Waals surface area contributed by atoms with Crippen molar-refractivity contribution in [3.8, 4) is 0 Å². The standard InChI is InChI=1S/C16H22FNO/c1-3-5-6-14(18-9-4-2)16-11-12-10-13(17)7-8-15(12)19-16/h7-8,10-11,14,18H,3-6,9H2,1-2H3. The second-order valence-electron chi connectivity index (χ2n) is 4.98. The van der Waals surface area contributed by atoms with Gasteiger partial charge in [0.2, 0.25) is 0 Å². The van der Waals surface area contributed by atoms with Crippen molar-refractivity contribution in [3.63, 3.8) is 0 Å². The Morgan fingerprint density at radius 3 is 2.79 bits per heavy atom. The third-order valence-electron chi connectivity index (χ3n) is 3.33. The Labute approximate surface area is 114 Å². The normalized spacial score (nSPS) is 13.0. The highest BCUT2D eigenvalue weighted by Gasteiger charge is 2.15. The van der Waals surface area contributed by atoms with Gasteiger partial charge in [0.05, 0.1) is 6.04 Å². The van der Waals surface area contributed by atoms with Crippen LogP contribution in [0.1, 0.15) is 51.3 Å². The molecule has 1 heterocycles. The summed E-state index contributed by atoms with van der Waals surface area (Å²) in [6.45, 7) is 5.31. The Kier molecular flexibility index (Phi) is 4.97. The van der Waals surface area contributed by atoms with Crippen molar-refractivity contribution in [3.05, 3.63) is 35.8 Å². The number of furan rings is 1. The van der Waals surface area contributed by atoms with E-state index in [9.17, 15) is 4.39 Å². The lowest BCUT2D eigenvalue weighted by atomic mass is 10.1. The first kappa shape index (κ1) is 14.1. The van der Waals surface area contributed by atoms with Crippen LogP contribution >= 0.6 is 0 Å². The van der Waals surface area contributed by atoms with Gasteiger partial charge in [-0.25, -0.2) is 4.39 Å². The minimum Gasteiger partial charge on any atom is -0.459 e. The maximum atomic E-state index is 13.2. The van der Waals surface area contributed by atoms with Gasteiger partial charge in [0, 0.05) is 5.39 Å². The summed E-state index contributed by atoms with van der Waals surface area (Å²) in [7, 11) is 0. The molecular weight excluding hydrogens is 241 g/mol. The summed E-state index contributed by atoms with van der Waals surface area (Å²) in [5, 5.41) is 4.35. The van der Waals surface area contributed by atoms with E-state index in [4.69, 9.17) is 4.42 Å². The average molecular weight is 263 g/mol. The summed E-state index contributed by atoms with van der Waals surface area (Å²) in [6.07, 6.45) is 4.47. The van der Waals surface area contributed by atoms with E-state index in [0.29, 0.717) is 0 Å². The first-order valence-corrected chi connectivity index (χ1v) is 7.17. The van der Waals surface area contributed by atoms with Crippen molar-refractivity contribution in [2.75, 3.05) is 6.54 Å². The molecular formula is C16H22FNO. The molecule has 1 unspecified atom stereocenters. The van der Waals surface area contributed by atoms with Crippen LogP contribution in [0.15, 0.2) is 28.7 Å². The number of fused-ring (bicyclic) bond motifs is 1. The predicted molar refractivity (Wildman–Crippen MR) is 76.7 cm³/mol. The molecule has 1 N–H and O–H groups in total. The molecule has 0 aliphatic rings. The van der Waals surface area contributed by atoms with Gasteiger partial charge in [-0.15, -0.1) is 0 Å². The van der Waals surface area contributed by atoms with Gasteiger partial charge in [0.25, 0.3) is 0 Å². The van der Waals surface area contributed by atoms with Gasteiger partial charge in [-0.3, -0.25) is 0 Å². The van der Waals surface area contributed by atoms with E-state index in [0.717, 1.165) is 42.5 Å². The van der Waals surface area contributed by atoms with Crippen molar-refractivity contribution in [1.82, 2.24) is 5.32 Å². The van der Waals surface area contributed by atoms with Crippen LogP contribution in [0.3, 0.4) is 0 Å². The van der Waals surface area contributed by atoms with Crippen LogP contribution in [0, 0.1) is 5.82 Å². The predicted octanol–water partition coefficient (Wildman–Crippen LogP) is 4.80. The van der Waals surface area contributed by atoms with Gasteiger partial charge in [0.1, 0.15) is 17.2 Å². The lowest BCUT2D eigenvalue weighted by Crippen LogP contribution is -2.21. The van der Waals surface area contributed by atoms with Crippen LogP contribution in [0.4, 0.5) is 4.39 Å². The van der Waals surface area contributed by atoms with Gasteiger partial charge in [0.15, 0.2) is 0 Å². The summed E-state index contributed by atoms with van der Waals surface area (Å²) in [6, 6.07) is 6.86. The SMILES string of the molecule is CCCCC(NCCC)c1cc2cc(F)ccc2o1. The Hall–Kier alpha value is -1.35. The summed E-state index contributed by atoms with van der Waals surface area (Å²) in [4.78, 5) is 0. The summed E-state index contributed by atoms with van der Waals surface area (Å²) < 4.78 is 19.0. The molecule has 0 aliphatic heterocycles. The van der Waals surface area contributed by atoms with Crippen LogP contribution in [0.2, 0.25) is 0 Å². The zero-order valence-corrected chi connectivity index (χ0v) is 11.7. The van der Waals surface area contributed by atoms with Gasteiger partial charge in [-0.2, -0.15) is 0 Å². The zero-order chi connectivity index (χ0) is 13.7. The largest absolute Gasteiger partial charge is 0.459 e. The molecule has 2 rings (SSSR count). The van der Waals surface area contributed by atoms with Crippen molar-refractivity contribution < 1.29 is 8.81 Å². The lowest BCUT2D eigenvalue weighted by molar-refractivity contribution is 0.401. The van der Waals surface area contributed by atoms with E-state index in [2.05, 4.69) is 19.2 Å². The number of hydrogen-bond donors (Lipinski definition) is 1. The maximum absolute atomic E-state index is 13.2. The Bertz CT molecular complexity index is 512. The monoisotopic (exact) mass is 263 g/mol. The first-order valence-electron chi connectivity index (χ1n) is 7.17. The quantitative estimate of drug-likeness (QED) is 0.776. The van der Waals surface area contributed by atoms with E-state index in [1.165, 1.54) is 18.6 Å². The van der Waals surface area contributed by atoms with Gasteiger partial charge in [-0.1, -0.05) is 26.7 Å². The van der Waals surface area contributed by atoms with Crippen LogP contribution < -0.4 is 5.32 Å². The lowest BCUT2D eigenvalue weighted by Gasteiger charge is -2.15. The van der Waals surface area contributed by atoms with Crippen molar-refractivity contribution in [2.45, 2.75) is 45.6 Å². The number of benzene rings is 1. The first-order chi connectivity index (χ1) is 9.24. The highest BCUT2D eigenvalue weighted by molar-refractivity contribution is 5.78. The molecule has 2 nitrogen and oxygen atoms in total. The molecule has 0 fully saturated rings. The number of halogens is 1. The Balaban J connectivity index is 2.21. The Morgan fingerprint density at radius 1 is 1.21 bits per heavy atom. The van der Waals surface area contributed by atoms with Gasteiger partial charge < -0.3 is 9.73 Å². The number of nitrogens with one attached hydrogen (secondary N) is 1. The van der Waals surface area contributed by atoms with Crippen molar-refractivity contribution >= 4 is 11.0 Å². The minimum atomic E-state index is -0.216. The molecule has 0 spiro atoms. The second-order valence-corrected chi connectivity index (χ2v) is 4.98. The molecule has 0 saturated carbocycles. The second kappa shape index (κ2) is 6.71. The van der Waals surface area contributed by atoms with Gasteiger partial charge >= 0.3 is 0 Å². The van der Waals surface area contributed by atoms with Crippen molar-refractivity contribution in [1.29, 1.82) is 0 Å². The molecule has 1 atom stereocenters. The Morgan fingerprint density at radius 2 is 2.05 bits per heavy atom. The van der Waals surface area contributed by atoms with Crippen LogP contribution in [0.25, 0.3) is 11.0 Å². The minimum absolute atomic E-state index is 0.216. The summed E-state index contributed by atoms with van der Waals surface area (Å²) in [5.41, 5.74) is 0.760.